The quantitative estimate of drug-likeness (QED) is 0.0896. The molecule has 5 nitrogen and oxygen atoms in total. The highest BCUT2D eigenvalue weighted by atomic mass is 35.5. The molecule has 0 spiro atoms. The predicted molar refractivity (Wildman–Crippen MR) is 194 cm³/mol. The maximum absolute atomic E-state index is 12.6. The summed E-state index contributed by atoms with van der Waals surface area (Å²) >= 11 is 5.02. The first kappa shape index (κ1) is 45.8. The SMILES string of the molecule is C.C#Cc1cccc(N)c1.C#Cc1cccc(NC(=O)c2cccc(C(F)(F)F)c2)c1.CCN(CC)CC.O=C(Cl)c1cccc(C(F)(F)F)c1. The number of hydrogen-bond acceptors (Lipinski definition) is 4. The second-order valence-corrected chi connectivity index (χ2v) is 10.3. The van der Waals surface area contributed by atoms with Crippen molar-refractivity contribution in [3.8, 4) is 24.7 Å². The molecule has 3 N–H and O–H groups in total. The van der Waals surface area contributed by atoms with Crippen LogP contribution in [0.2, 0.25) is 0 Å². The number of halogens is 7. The Morgan fingerprint density at radius 3 is 1.53 bits per heavy atom. The van der Waals surface area contributed by atoms with Crippen molar-refractivity contribution in [1.29, 1.82) is 0 Å². The summed E-state index contributed by atoms with van der Waals surface area (Å²) in [5, 5.41) is 1.61. The van der Waals surface area contributed by atoms with Crippen molar-refractivity contribution < 1.29 is 35.9 Å². The standard InChI is InChI=1S/C16H10F3NO.C8H4ClF3O.C8H7N.C6H15N.CH4/c1-2-11-5-3-8-14(9-11)20-15(21)12-6-4-7-13(10-12)16(17,18)19;9-7(13)5-2-1-3-6(4-5)8(10,11)12;1-2-7-4-3-5-8(9)6-7;1-4-7(5-2)6-3;/h1,3-10H,(H,20,21);1-4H;1,3-6H,9H2;4-6H2,1-3H3;1H4. The molecule has 4 aromatic rings. The molecule has 51 heavy (non-hydrogen) atoms. The largest absolute Gasteiger partial charge is 0.416 e. The van der Waals surface area contributed by atoms with E-state index in [0.717, 1.165) is 35.9 Å². The molecule has 0 aromatic heterocycles. The Labute approximate surface area is 300 Å². The highest BCUT2D eigenvalue weighted by molar-refractivity contribution is 6.67. The average molecular weight is 732 g/mol. The number of rotatable bonds is 6. The number of carbonyl (C=O) groups is 2. The van der Waals surface area contributed by atoms with Gasteiger partial charge in [0, 0.05) is 33.6 Å². The Balaban J connectivity index is 0.000000713. The van der Waals surface area contributed by atoms with Crippen molar-refractivity contribution in [2.45, 2.75) is 40.6 Å². The lowest BCUT2D eigenvalue weighted by Crippen LogP contribution is -2.21. The number of nitrogen functional groups attached to an aromatic ring is 1. The van der Waals surface area contributed by atoms with Crippen LogP contribution in [0.1, 0.15) is 71.2 Å². The summed E-state index contributed by atoms with van der Waals surface area (Å²) in [6, 6.07) is 21.9. The molecule has 0 aliphatic carbocycles. The van der Waals surface area contributed by atoms with Gasteiger partial charge in [-0.15, -0.1) is 12.8 Å². The van der Waals surface area contributed by atoms with Crippen molar-refractivity contribution in [3.63, 3.8) is 0 Å². The minimum Gasteiger partial charge on any atom is -0.399 e. The Morgan fingerprint density at radius 2 is 1.14 bits per heavy atom. The fraction of sp³-hybridized carbons (Fsp3) is 0.231. The van der Waals surface area contributed by atoms with E-state index >= 15 is 0 Å². The molecule has 0 unspecified atom stereocenters. The molecule has 0 heterocycles. The van der Waals surface area contributed by atoms with Crippen LogP contribution in [0.4, 0.5) is 37.7 Å². The number of carbonyl (C=O) groups excluding carboxylic acids is 2. The number of hydrogen-bond donors (Lipinski definition) is 2. The second kappa shape index (κ2) is 22.5. The lowest BCUT2D eigenvalue weighted by Gasteiger charge is -2.13. The van der Waals surface area contributed by atoms with Gasteiger partial charge < -0.3 is 16.0 Å². The maximum atomic E-state index is 12.6. The molecule has 12 heteroatoms. The number of alkyl halides is 6. The second-order valence-electron chi connectivity index (χ2n) is 10.00. The van der Waals surface area contributed by atoms with Crippen molar-refractivity contribution in [1.82, 2.24) is 4.90 Å². The van der Waals surface area contributed by atoms with E-state index in [1.54, 1.807) is 36.4 Å². The van der Waals surface area contributed by atoms with Crippen LogP contribution >= 0.6 is 11.6 Å². The van der Waals surface area contributed by atoms with Crippen LogP contribution in [0.5, 0.6) is 0 Å². The molecular weight excluding hydrogens is 692 g/mol. The zero-order valence-electron chi connectivity index (χ0n) is 27.5. The van der Waals surface area contributed by atoms with Gasteiger partial charge in [0.05, 0.1) is 11.1 Å². The van der Waals surface area contributed by atoms with E-state index in [1.807, 2.05) is 12.1 Å². The first-order chi connectivity index (χ1) is 23.5. The van der Waals surface area contributed by atoms with E-state index in [0.29, 0.717) is 16.9 Å². The van der Waals surface area contributed by atoms with Gasteiger partial charge >= 0.3 is 12.4 Å². The van der Waals surface area contributed by atoms with Crippen LogP contribution in [0, 0.1) is 24.7 Å². The number of nitrogens with zero attached hydrogens (tertiary/aromatic N) is 1. The van der Waals surface area contributed by atoms with Gasteiger partial charge in [-0.2, -0.15) is 26.3 Å². The summed E-state index contributed by atoms with van der Waals surface area (Å²) in [4.78, 5) is 24.9. The number of terminal acetylenes is 2. The third kappa shape index (κ3) is 17.3. The maximum Gasteiger partial charge on any atom is 0.416 e. The Bertz CT molecular complexity index is 1770. The third-order valence-electron chi connectivity index (χ3n) is 6.55. The fourth-order valence-corrected chi connectivity index (χ4v) is 3.96. The van der Waals surface area contributed by atoms with Gasteiger partial charge in [-0.25, -0.2) is 0 Å². The summed E-state index contributed by atoms with van der Waals surface area (Å²) in [7, 11) is 0. The van der Waals surface area contributed by atoms with Crippen LogP contribution in [-0.4, -0.2) is 35.7 Å². The Hall–Kier alpha value is -5.23. The van der Waals surface area contributed by atoms with Crippen LogP contribution in [-0.2, 0) is 12.4 Å². The molecular formula is C39H40ClF6N3O2. The van der Waals surface area contributed by atoms with E-state index in [2.05, 4.69) is 42.8 Å². The van der Waals surface area contributed by atoms with Gasteiger partial charge in [-0.3, -0.25) is 9.59 Å². The molecule has 0 saturated carbocycles. The van der Waals surface area contributed by atoms with Crippen molar-refractivity contribution >= 4 is 34.1 Å². The molecule has 0 bridgehead atoms. The third-order valence-corrected chi connectivity index (χ3v) is 6.77. The molecule has 4 rings (SSSR count). The number of amides is 1. The lowest BCUT2D eigenvalue weighted by atomic mass is 10.1. The van der Waals surface area contributed by atoms with E-state index in [-0.39, 0.29) is 18.6 Å². The molecule has 4 aromatic carbocycles. The van der Waals surface area contributed by atoms with Crippen molar-refractivity contribution in [2.75, 3.05) is 30.7 Å². The number of nitrogens with one attached hydrogen (secondary N) is 1. The predicted octanol–water partition coefficient (Wildman–Crippen LogP) is 10.3. The summed E-state index contributed by atoms with van der Waals surface area (Å²) < 4.78 is 74.0. The monoisotopic (exact) mass is 731 g/mol. The zero-order valence-corrected chi connectivity index (χ0v) is 28.3. The molecule has 0 aliphatic rings. The van der Waals surface area contributed by atoms with Gasteiger partial charge in [0.2, 0.25) is 0 Å². The van der Waals surface area contributed by atoms with Crippen molar-refractivity contribution in [3.05, 3.63) is 130 Å². The van der Waals surface area contributed by atoms with Crippen LogP contribution in [0.25, 0.3) is 0 Å². The summed E-state index contributed by atoms with van der Waals surface area (Å²) in [6.07, 6.45) is 1.43. The van der Waals surface area contributed by atoms with Gasteiger partial charge in [0.25, 0.3) is 11.1 Å². The summed E-state index contributed by atoms with van der Waals surface area (Å²) in [6.45, 7) is 10.1. The number of benzene rings is 4. The topological polar surface area (TPSA) is 75.4 Å². The van der Waals surface area contributed by atoms with E-state index < -0.39 is 34.6 Å². The summed E-state index contributed by atoms with van der Waals surface area (Å²) in [5.41, 5.74) is 6.00. The Morgan fingerprint density at radius 1 is 0.706 bits per heavy atom. The van der Waals surface area contributed by atoms with Crippen LogP contribution < -0.4 is 11.1 Å². The molecule has 0 radical (unpaired) electrons. The number of nitrogens with two attached hydrogens (primary N) is 1. The first-order valence-corrected chi connectivity index (χ1v) is 15.3. The minimum absolute atomic E-state index is 0. The zero-order chi connectivity index (χ0) is 37.9. The molecule has 0 aliphatic heterocycles. The van der Waals surface area contributed by atoms with E-state index in [1.165, 1.54) is 37.8 Å². The Kier molecular flexibility index (Phi) is 20.2. The molecule has 1 amide bonds. The van der Waals surface area contributed by atoms with Gasteiger partial charge in [-0.05, 0) is 98.0 Å². The van der Waals surface area contributed by atoms with Crippen LogP contribution in [0.15, 0.2) is 97.1 Å². The van der Waals surface area contributed by atoms with E-state index in [9.17, 15) is 35.9 Å². The highest BCUT2D eigenvalue weighted by Gasteiger charge is 2.31. The first-order valence-electron chi connectivity index (χ1n) is 15.0. The van der Waals surface area contributed by atoms with Gasteiger partial charge in [-0.1, -0.05) is 70.4 Å². The van der Waals surface area contributed by atoms with Crippen LogP contribution in [0.3, 0.4) is 0 Å². The smallest absolute Gasteiger partial charge is 0.399 e. The molecule has 272 valence electrons. The molecule has 0 fully saturated rings. The lowest BCUT2D eigenvalue weighted by molar-refractivity contribution is -0.138. The number of anilines is 2. The van der Waals surface area contributed by atoms with Gasteiger partial charge in [0.15, 0.2) is 0 Å². The van der Waals surface area contributed by atoms with E-state index in [4.69, 9.17) is 30.2 Å². The molecule has 0 saturated heterocycles. The van der Waals surface area contributed by atoms with Gasteiger partial charge in [0.1, 0.15) is 0 Å². The average Bonchev–Trinajstić information content (AvgIpc) is 3.09. The normalized spacial score (nSPS) is 10.2. The molecule has 0 atom stereocenters. The highest BCUT2D eigenvalue weighted by Crippen LogP contribution is 2.30. The summed E-state index contributed by atoms with van der Waals surface area (Å²) in [5.74, 6) is 4.27. The fourth-order valence-electron chi connectivity index (χ4n) is 3.84. The van der Waals surface area contributed by atoms with Crippen molar-refractivity contribution in [2.24, 2.45) is 0 Å². The minimum atomic E-state index is -4.49.